The zero-order chi connectivity index (χ0) is 10.4. The fraction of sp³-hybridized carbons (Fsp3) is 0.778. The maximum atomic E-state index is 9.36. The first-order valence-corrected chi connectivity index (χ1v) is 5.99. The van der Waals surface area contributed by atoms with E-state index in [0.29, 0.717) is 18.7 Å². The Balaban J connectivity index is 2.42. The normalized spacial score (nSPS) is 13.1. The second-order valence-corrected chi connectivity index (χ2v) is 4.28. The van der Waals surface area contributed by atoms with Gasteiger partial charge in [-0.25, -0.2) is 0 Å². The summed E-state index contributed by atoms with van der Waals surface area (Å²) in [5, 5.41) is 13.2. The Hall–Kier alpha value is -0.550. The molecule has 5 heteroatoms. The summed E-state index contributed by atoms with van der Waals surface area (Å²) in [6, 6.07) is 0. The maximum Gasteiger partial charge on any atom is 0.229 e. The Morgan fingerprint density at radius 2 is 2.29 bits per heavy atom. The monoisotopic (exact) mass is 216 g/mol. The Morgan fingerprint density at radius 3 is 2.93 bits per heavy atom. The van der Waals surface area contributed by atoms with Gasteiger partial charge in [0.1, 0.15) is 0 Å². The molecule has 0 saturated carbocycles. The van der Waals surface area contributed by atoms with E-state index in [9.17, 15) is 5.11 Å². The number of nitrogens with zero attached hydrogens (tertiary/aromatic N) is 2. The smallest absolute Gasteiger partial charge is 0.229 e. The van der Waals surface area contributed by atoms with E-state index in [-0.39, 0.29) is 6.10 Å². The van der Waals surface area contributed by atoms with Gasteiger partial charge in [0.2, 0.25) is 5.89 Å². The molecule has 0 spiro atoms. The van der Waals surface area contributed by atoms with Crippen LogP contribution < -0.4 is 0 Å². The molecule has 0 aliphatic rings. The van der Waals surface area contributed by atoms with Crippen molar-refractivity contribution in [2.24, 2.45) is 0 Å². The number of hydrogen-bond acceptors (Lipinski definition) is 5. The summed E-state index contributed by atoms with van der Waals surface area (Å²) in [5.41, 5.74) is 0. The van der Waals surface area contributed by atoms with Crippen molar-refractivity contribution in [1.82, 2.24) is 10.1 Å². The van der Waals surface area contributed by atoms with Crippen LogP contribution in [0.15, 0.2) is 4.52 Å². The maximum absolute atomic E-state index is 9.36. The minimum Gasteiger partial charge on any atom is -0.393 e. The first kappa shape index (κ1) is 11.5. The van der Waals surface area contributed by atoms with Crippen LogP contribution in [0.5, 0.6) is 0 Å². The van der Waals surface area contributed by atoms with Crippen LogP contribution in [0.1, 0.15) is 32.0 Å². The first-order chi connectivity index (χ1) is 6.76. The topological polar surface area (TPSA) is 59.2 Å². The van der Waals surface area contributed by atoms with Crippen LogP contribution in [-0.4, -0.2) is 27.1 Å². The molecule has 0 aliphatic heterocycles. The molecule has 1 aromatic heterocycles. The third-order valence-electron chi connectivity index (χ3n) is 1.83. The third-order valence-corrected chi connectivity index (χ3v) is 2.70. The Labute approximate surface area is 88.1 Å². The number of aliphatic hydroxyl groups excluding tert-OH is 1. The van der Waals surface area contributed by atoms with Crippen LogP contribution in [0.3, 0.4) is 0 Å². The van der Waals surface area contributed by atoms with Gasteiger partial charge >= 0.3 is 0 Å². The average molecular weight is 216 g/mol. The molecule has 0 aliphatic carbocycles. The summed E-state index contributed by atoms with van der Waals surface area (Å²) in [4.78, 5) is 4.18. The van der Waals surface area contributed by atoms with Gasteiger partial charge in [-0.15, -0.1) is 0 Å². The van der Waals surface area contributed by atoms with Crippen LogP contribution in [0.4, 0.5) is 0 Å². The predicted molar refractivity (Wildman–Crippen MR) is 56.1 cm³/mol. The van der Waals surface area contributed by atoms with Crippen molar-refractivity contribution >= 4 is 11.8 Å². The van der Waals surface area contributed by atoms with Gasteiger partial charge in [-0.3, -0.25) is 0 Å². The van der Waals surface area contributed by atoms with Crippen molar-refractivity contribution in [3.05, 3.63) is 11.7 Å². The molecule has 1 aromatic rings. The Kier molecular flexibility index (Phi) is 4.97. The van der Waals surface area contributed by atoms with Gasteiger partial charge in [-0.1, -0.05) is 19.0 Å². The van der Waals surface area contributed by atoms with Gasteiger partial charge in [-0.2, -0.15) is 16.7 Å². The second-order valence-electron chi connectivity index (χ2n) is 3.01. The average Bonchev–Trinajstić information content (AvgIpc) is 2.62. The van der Waals surface area contributed by atoms with E-state index in [4.69, 9.17) is 4.52 Å². The number of aliphatic hydroxyl groups is 1. The third kappa shape index (κ3) is 3.67. The zero-order valence-corrected chi connectivity index (χ0v) is 9.38. The van der Waals surface area contributed by atoms with Crippen molar-refractivity contribution in [3.8, 4) is 0 Å². The first-order valence-electron chi connectivity index (χ1n) is 4.83. The summed E-state index contributed by atoms with van der Waals surface area (Å²) < 4.78 is 5.00. The lowest BCUT2D eigenvalue weighted by Crippen LogP contribution is -2.08. The van der Waals surface area contributed by atoms with E-state index in [0.717, 1.165) is 17.3 Å². The fourth-order valence-electron chi connectivity index (χ4n) is 0.971. The molecule has 0 fully saturated rings. The molecule has 0 amide bonds. The molecule has 14 heavy (non-hydrogen) atoms. The molecule has 1 heterocycles. The molecule has 1 unspecified atom stereocenters. The SMILES string of the molecule is CCSCc1noc(CC(O)CC)n1. The number of aromatic nitrogens is 2. The van der Waals surface area contributed by atoms with E-state index in [1.165, 1.54) is 0 Å². The van der Waals surface area contributed by atoms with Gasteiger partial charge < -0.3 is 9.63 Å². The van der Waals surface area contributed by atoms with Gasteiger partial charge in [0.25, 0.3) is 0 Å². The Bertz CT molecular complexity index is 265. The lowest BCUT2D eigenvalue weighted by molar-refractivity contribution is 0.158. The van der Waals surface area contributed by atoms with Crippen molar-refractivity contribution in [1.29, 1.82) is 0 Å². The van der Waals surface area contributed by atoms with E-state index in [2.05, 4.69) is 17.1 Å². The van der Waals surface area contributed by atoms with Crippen LogP contribution in [0, 0.1) is 0 Å². The lowest BCUT2D eigenvalue weighted by atomic mass is 10.2. The van der Waals surface area contributed by atoms with Crippen molar-refractivity contribution < 1.29 is 9.63 Å². The summed E-state index contributed by atoms with van der Waals surface area (Å²) in [6.07, 6.45) is 0.795. The van der Waals surface area contributed by atoms with E-state index >= 15 is 0 Å². The van der Waals surface area contributed by atoms with Gasteiger partial charge in [0, 0.05) is 0 Å². The summed E-state index contributed by atoms with van der Waals surface area (Å²) in [5.74, 6) is 3.07. The van der Waals surface area contributed by atoms with E-state index < -0.39 is 0 Å². The molecular weight excluding hydrogens is 200 g/mol. The summed E-state index contributed by atoms with van der Waals surface area (Å²) >= 11 is 1.75. The molecule has 0 saturated heterocycles. The molecule has 80 valence electrons. The zero-order valence-electron chi connectivity index (χ0n) is 8.56. The van der Waals surface area contributed by atoms with Crippen molar-refractivity contribution in [2.45, 2.75) is 38.5 Å². The van der Waals surface area contributed by atoms with Gasteiger partial charge in [0.05, 0.1) is 18.3 Å². The Morgan fingerprint density at radius 1 is 1.50 bits per heavy atom. The molecule has 0 radical (unpaired) electrons. The minimum absolute atomic E-state index is 0.373. The van der Waals surface area contributed by atoms with Crippen LogP contribution >= 0.6 is 11.8 Å². The fourth-order valence-corrected chi connectivity index (χ4v) is 1.47. The number of hydrogen-bond donors (Lipinski definition) is 1. The quantitative estimate of drug-likeness (QED) is 0.783. The molecule has 1 N–H and O–H groups in total. The summed E-state index contributed by atoms with van der Waals surface area (Å²) in [7, 11) is 0. The van der Waals surface area contributed by atoms with Crippen LogP contribution in [0.2, 0.25) is 0 Å². The second kappa shape index (κ2) is 6.03. The van der Waals surface area contributed by atoms with Crippen molar-refractivity contribution in [2.75, 3.05) is 5.75 Å². The molecule has 4 nitrogen and oxygen atoms in total. The van der Waals surface area contributed by atoms with Gasteiger partial charge in [0.15, 0.2) is 5.82 Å². The molecule has 1 rings (SSSR count). The number of rotatable bonds is 6. The molecule has 0 bridgehead atoms. The van der Waals surface area contributed by atoms with Crippen LogP contribution in [0.25, 0.3) is 0 Å². The minimum atomic E-state index is -0.373. The van der Waals surface area contributed by atoms with E-state index in [1.54, 1.807) is 11.8 Å². The van der Waals surface area contributed by atoms with Crippen molar-refractivity contribution in [3.63, 3.8) is 0 Å². The van der Waals surface area contributed by atoms with Gasteiger partial charge in [-0.05, 0) is 12.2 Å². The molecule has 1 atom stereocenters. The highest BCUT2D eigenvalue weighted by atomic mass is 32.2. The predicted octanol–water partition coefficient (Wildman–Crippen LogP) is 1.64. The van der Waals surface area contributed by atoms with Crippen LogP contribution in [-0.2, 0) is 12.2 Å². The summed E-state index contributed by atoms with van der Waals surface area (Å²) in [6.45, 7) is 4.02. The lowest BCUT2D eigenvalue weighted by Gasteiger charge is -2.01. The van der Waals surface area contributed by atoms with E-state index in [1.807, 2.05) is 6.92 Å². The standard InChI is InChI=1S/C9H16N2O2S/c1-3-7(12)5-9-10-8(11-13-9)6-14-4-2/h7,12H,3-6H2,1-2H3. The number of thioether (sulfide) groups is 1. The highest BCUT2D eigenvalue weighted by Crippen LogP contribution is 2.10. The molecular formula is C9H16N2O2S. The molecule has 0 aromatic carbocycles. The highest BCUT2D eigenvalue weighted by Gasteiger charge is 2.10. The highest BCUT2D eigenvalue weighted by molar-refractivity contribution is 7.98. The largest absolute Gasteiger partial charge is 0.393 e.